The van der Waals surface area contributed by atoms with Crippen molar-refractivity contribution in [2.45, 2.75) is 0 Å². The Bertz CT molecular complexity index is 799. The molecule has 3 rings (SSSR count). The average Bonchev–Trinajstić information content (AvgIpc) is 2.73. The molecule has 0 aliphatic carbocycles. The van der Waals surface area contributed by atoms with Gasteiger partial charge in [0.05, 0.1) is 19.8 Å². The second kappa shape index (κ2) is 8.44. The number of hydrogen-bond donors (Lipinski definition) is 1. The Morgan fingerprint density at radius 3 is 2.30 bits per heavy atom. The van der Waals surface area contributed by atoms with Crippen LogP contribution in [0.15, 0.2) is 48.5 Å². The number of benzene rings is 2. The van der Waals surface area contributed by atoms with E-state index in [4.69, 9.17) is 9.47 Å². The number of methoxy groups -OCH3 is 2. The molecular formula is C20H23N3O4. The third-order valence-electron chi connectivity index (χ3n) is 4.54. The topological polar surface area (TPSA) is 71.1 Å². The van der Waals surface area contributed by atoms with Gasteiger partial charge >= 0.3 is 12.0 Å². The van der Waals surface area contributed by atoms with E-state index in [1.165, 1.54) is 7.11 Å². The normalized spacial score (nSPS) is 13.9. The van der Waals surface area contributed by atoms with Crippen LogP contribution < -0.4 is 15.0 Å². The summed E-state index contributed by atoms with van der Waals surface area (Å²) in [5, 5.41) is 2.90. The highest BCUT2D eigenvalue weighted by atomic mass is 16.5. The van der Waals surface area contributed by atoms with Crippen LogP contribution >= 0.6 is 0 Å². The fourth-order valence-electron chi connectivity index (χ4n) is 3.00. The van der Waals surface area contributed by atoms with Crippen LogP contribution in [-0.4, -0.2) is 57.3 Å². The number of rotatable bonds is 4. The van der Waals surface area contributed by atoms with Gasteiger partial charge in [-0.25, -0.2) is 9.59 Å². The van der Waals surface area contributed by atoms with E-state index in [-0.39, 0.29) is 12.0 Å². The molecule has 2 aromatic rings. The van der Waals surface area contributed by atoms with Crippen molar-refractivity contribution in [3.05, 3.63) is 54.1 Å². The van der Waals surface area contributed by atoms with Gasteiger partial charge in [0.2, 0.25) is 0 Å². The molecule has 27 heavy (non-hydrogen) atoms. The highest BCUT2D eigenvalue weighted by Crippen LogP contribution is 2.20. The minimum atomic E-state index is -0.347. The van der Waals surface area contributed by atoms with Gasteiger partial charge in [-0.05, 0) is 36.4 Å². The number of carbonyl (C=O) groups is 2. The Labute approximate surface area is 158 Å². The van der Waals surface area contributed by atoms with E-state index in [0.29, 0.717) is 30.1 Å². The van der Waals surface area contributed by atoms with E-state index < -0.39 is 0 Å². The van der Waals surface area contributed by atoms with Crippen LogP contribution in [0.3, 0.4) is 0 Å². The SMILES string of the molecule is COC(=O)c1ccc(N2CCN(C(=O)Nc3cccc(OC)c3)CC2)cc1. The Morgan fingerprint density at radius 1 is 0.963 bits per heavy atom. The zero-order valence-corrected chi connectivity index (χ0v) is 15.5. The number of urea groups is 1. The molecule has 7 nitrogen and oxygen atoms in total. The molecule has 0 saturated carbocycles. The van der Waals surface area contributed by atoms with Gasteiger partial charge < -0.3 is 24.6 Å². The van der Waals surface area contributed by atoms with Crippen LogP contribution in [0, 0.1) is 0 Å². The molecule has 2 amide bonds. The molecule has 0 unspecified atom stereocenters. The molecule has 0 spiro atoms. The van der Waals surface area contributed by atoms with E-state index in [0.717, 1.165) is 18.8 Å². The largest absolute Gasteiger partial charge is 0.497 e. The quantitative estimate of drug-likeness (QED) is 0.839. The first-order chi connectivity index (χ1) is 13.1. The third kappa shape index (κ3) is 4.49. The Balaban J connectivity index is 1.55. The smallest absolute Gasteiger partial charge is 0.337 e. The lowest BCUT2D eigenvalue weighted by atomic mass is 10.2. The summed E-state index contributed by atoms with van der Waals surface area (Å²) in [4.78, 5) is 28.0. The Kier molecular flexibility index (Phi) is 5.80. The molecule has 142 valence electrons. The van der Waals surface area contributed by atoms with Crippen molar-refractivity contribution >= 4 is 23.4 Å². The van der Waals surface area contributed by atoms with E-state index in [1.54, 1.807) is 30.2 Å². The van der Waals surface area contributed by atoms with E-state index in [9.17, 15) is 9.59 Å². The van der Waals surface area contributed by atoms with E-state index in [1.807, 2.05) is 30.3 Å². The van der Waals surface area contributed by atoms with Crippen LogP contribution in [0.5, 0.6) is 5.75 Å². The zero-order chi connectivity index (χ0) is 19.2. The number of ether oxygens (including phenoxy) is 2. The molecule has 0 bridgehead atoms. The minimum absolute atomic E-state index is 0.121. The molecule has 1 aliphatic rings. The number of piperazine rings is 1. The maximum Gasteiger partial charge on any atom is 0.337 e. The highest BCUT2D eigenvalue weighted by Gasteiger charge is 2.21. The molecule has 1 heterocycles. The second-order valence-corrected chi connectivity index (χ2v) is 6.17. The Hall–Kier alpha value is -3.22. The highest BCUT2D eigenvalue weighted by molar-refractivity contribution is 5.90. The number of amides is 2. The van der Waals surface area contributed by atoms with Gasteiger partial charge in [0.25, 0.3) is 0 Å². The molecule has 1 N–H and O–H groups in total. The molecule has 7 heteroatoms. The van der Waals surface area contributed by atoms with Gasteiger partial charge in [-0.2, -0.15) is 0 Å². The number of anilines is 2. The third-order valence-corrected chi connectivity index (χ3v) is 4.54. The van der Waals surface area contributed by atoms with Gasteiger partial charge in [0.15, 0.2) is 0 Å². The lowest BCUT2D eigenvalue weighted by Crippen LogP contribution is -2.50. The van der Waals surface area contributed by atoms with Crippen molar-refractivity contribution in [2.75, 3.05) is 50.6 Å². The summed E-state index contributed by atoms with van der Waals surface area (Å²) in [5.74, 6) is 0.355. The van der Waals surface area contributed by atoms with Gasteiger partial charge in [-0.3, -0.25) is 0 Å². The van der Waals surface area contributed by atoms with Crippen molar-refractivity contribution in [2.24, 2.45) is 0 Å². The minimum Gasteiger partial charge on any atom is -0.497 e. The first kappa shape index (κ1) is 18.6. The summed E-state index contributed by atoms with van der Waals surface area (Å²) in [7, 11) is 2.96. The van der Waals surface area contributed by atoms with Crippen molar-refractivity contribution < 1.29 is 19.1 Å². The molecular weight excluding hydrogens is 346 g/mol. The summed E-state index contributed by atoms with van der Waals surface area (Å²) in [6, 6.07) is 14.5. The standard InChI is InChI=1S/C20H23N3O4/c1-26-18-5-3-4-16(14-18)21-20(25)23-12-10-22(11-13-23)17-8-6-15(7-9-17)19(24)27-2/h3-9,14H,10-13H2,1-2H3,(H,21,25). The molecule has 0 atom stereocenters. The molecule has 2 aromatic carbocycles. The number of nitrogens with zero attached hydrogens (tertiary/aromatic N) is 2. The van der Waals surface area contributed by atoms with Gasteiger partial charge in [0.1, 0.15) is 5.75 Å². The molecule has 0 radical (unpaired) electrons. The zero-order valence-electron chi connectivity index (χ0n) is 15.5. The fourth-order valence-corrected chi connectivity index (χ4v) is 3.00. The summed E-state index contributed by atoms with van der Waals surface area (Å²) >= 11 is 0. The predicted molar refractivity (Wildman–Crippen MR) is 104 cm³/mol. The van der Waals surface area contributed by atoms with Crippen LogP contribution in [0.4, 0.5) is 16.2 Å². The first-order valence-corrected chi connectivity index (χ1v) is 8.74. The number of nitrogens with one attached hydrogen (secondary N) is 1. The number of esters is 1. The lowest BCUT2D eigenvalue weighted by Gasteiger charge is -2.36. The van der Waals surface area contributed by atoms with Crippen LogP contribution in [0.2, 0.25) is 0 Å². The van der Waals surface area contributed by atoms with Crippen molar-refractivity contribution in [3.63, 3.8) is 0 Å². The monoisotopic (exact) mass is 369 g/mol. The van der Waals surface area contributed by atoms with E-state index in [2.05, 4.69) is 10.2 Å². The van der Waals surface area contributed by atoms with Crippen LogP contribution in [0.1, 0.15) is 10.4 Å². The average molecular weight is 369 g/mol. The van der Waals surface area contributed by atoms with Crippen LogP contribution in [-0.2, 0) is 4.74 Å². The molecule has 0 aromatic heterocycles. The fraction of sp³-hybridized carbons (Fsp3) is 0.300. The van der Waals surface area contributed by atoms with Gasteiger partial charge in [0, 0.05) is 43.6 Å². The number of carbonyl (C=O) groups excluding carboxylic acids is 2. The maximum absolute atomic E-state index is 12.5. The molecule has 1 aliphatic heterocycles. The summed E-state index contributed by atoms with van der Waals surface area (Å²) in [6.45, 7) is 2.69. The van der Waals surface area contributed by atoms with Crippen molar-refractivity contribution in [1.82, 2.24) is 4.90 Å². The second-order valence-electron chi connectivity index (χ2n) is 6.17. The Morgan fingerprint density at radius 2 is 1.67 bits per heavy atom. The van der Waals surface area contributed by atoms with Crippen molar-refractivity contribution in [3.8, 4) is 5.75 Å². The van der Waals surface area contributed by atoms with Crippen molar-refractivity contribution in [1.29, 1.82) is 0 Å². The summed E-state index contributed by atoms with van der Waals surface area (Å²) < 4.78 is 9.89. The first-order valence-electron chi connectivity index (χ1n) is 8.74. The number of hydrogen-bond acceptors (Lipinski definition) is 5. The maximum atomic E-state index is 12.5. The van der Waals surface area contributed by atoms with Crippen LogP contribution in [0.25, 0.3) is 0 Å². The van der Waals surface area contributed by atoms with Gasteiger partial charge in [-0.1, -0.05) is 6.07 Å². The van der Waals surface area contributed by atoms with E-state index >= 15 is 0 Å². The molecule has 1 fully saturated rings. The predicted octanol–water partition coefficient (Wildman–Crippen LogP) is 2.84. The summed E-state index contributed by atoms with van der Waals surface area (Å²) in [6.07, 6.45) is 0. The molecule has 1 saturated heterocycles. The van der Waals surface area contributed by atoms with Gasteiger partial charge in [-0.15, -0.1) is 0 Å². The lowest BCUT2D eigenvalue weighted by molar-refractivity contribution is 0.0600. The summed E-state index contributed by atoms with van der Waals surface area (Å²) in [5.41, 5.74) is 2.26.